The highest BCUT2D eigenvalue weighted by atomic mass is 16.3. The van der Waals surface area contributed by atoms with Crippen LogP contribution in [0, 0.1) is 0 Å². The Morgan fingerprint density at radius 2 is 1.71 bits per heavy atom. The van der Waals surface area contributed by atoms with Crippen molar-refractivity contribution in [3.05, 3.63) is 53.1 Å². The van der Waals surface area contributed by atoms with Crippen molar-refractivity contribution in [1.82, 2.24) is 14.5 Å². The molecule has 1 saturated heterocycles. The van der Waals surface area contributed by atoms with E-state index in [9.17, 15) is 9.90 Å². The summed E-state index contributed by atoms with van der Waals surface area (Å²) in [6.07, 6.45) is 5.17. The number of fused-ring (bicyclic) bond motifs is 1. The third-order valence-corrected chi connectivity index (χ3v) is 4.34. The topological polar surface area (TPSA) is 102 Å². The molecule has 7 heteroatoms. The number of benzene rings is 1. The molecule has 0 saturated carbocycles. The van der Waals surface area contributed by atoms with Crippen molar-refractivity contribution in [2.75, 3.05) is 13.1 Å². The van der Waals surface area contributed by atoms with Gasteiger partial charge in [0.25, 0.3) is 0 Å². The van der Waals surface area contributed by atoms with Crippen molar-refractivity contribution in [3.63, 3.8) is 0 Å². The lowest BCUT2D eigenvalue weighted by Crippen LogP contribution is -3.06. The molecular weight excluding hydrogens is 308 g/mol. The van der Waals surface area contributed by atoms with E-state index in [2.05, 4.69) is 9.97 Å². The number of nitrogens with zero attached hydrogens (tertiary/aromatic N) is 3. The minimum Gasteiger partial charge on any atom is -0.870 e. The highest BCUT2D eigenvalue weighted by molar-refractivity contribution is 5.83. The maximum absolute atomic E-state index is 13.1. The van der Waals surface area contributed by atoms with E-state index in [1.165, 1.54) is 12.4 Å². The Morgan fingerprint density at radius 1 is 1.04 bits per heavy atom. The average Bonchev–Trinajstić information content (AvgIpc) is 3.10. The van der Waals surface area contributed by atoms with E-state index < -0.39 is 0 Å². The number of nitrogens with one attached hydrogen (secondary N) is 1. The molecule has 0 aliphatic carbocycles. The van der Waals surface area contributed by atoms with Crippen LogP contribution in [0.15, 0.2) is 47.5 Å². The zero-order valence-electron chi connectivity index (χ0n) is 13.0. The fourth-order valence-electron chi connectivity index (χ4n) is 3.28. The van der Waals surface area contributed by atoms with Crippen LogP contribution < -0.4 is 10.5 Å². The molecule has 4 rings (SSSR count). The third-order valence-electron chi connectivity index (χ3n) is 4.34. The lowest BCUT2D eigenvalue weighted by molar-refractivity contribution is -0.819. The summed E-state index contributed by atoms with van der Waals surface area (Å²) in [6.45, 7) is 1.70. The molecule has 3 aromatic rings. The first-order valence-electron chi connectivity index (χ1n) is 7.76. The van der Waals surface area contributed by atoms with Crippen molar-refractivity contribution in [1.29, 1.82) is 0 Å². The van der Waals surface area contributed by atoms with E-state index in [0.717, 1.165) is 36.5 Å². The second-order valence-electron chi connectivity index (χ2n) is 5.74. The summed E-state index contributed by atoms with van der Waals surface area (Å²) >= 11 is 0. The molecule has 7 nitrogen and oxygen atoms in total. The molecule has 0 bridgehead atoms. The van der Waals surface area contributed by atoms with Gasteiger partial charge in [-0.3, -0.25) is 14.3 Å². The molecule has 1 aliphatic rings. The van der Waals surface area contributed by atoms with Gasteiger partial charge >= 0.3 is 5.56 Å². The van der Waals surface area contributed by atoms with E-state index in [1.807, 2.05) is 30.3 Å². The standard InChI is InChI=1S/C17H16N4O2.H2O/c22-15-13-16(19-9-8-18-13)21(12-6-2-1-3-7-12)17(23)14(15)20-10-4-5-11-20;/h1-3,6-9,22H,4-5,10-11H2;1H2. The van der Waals surface area contributed by atoms with Gasteiger partial charge in [-0.25, -0.2) is 9.97 Å². The Morgan fingerprint density at radius 3 is 2.42 bits per heavy atom. The van der Waals surface area contributed by atoms with Crippen LogP contribution in [0.5, 0.6) is 5.75 Å². The first kappa shape index (κ1) is 16.1. The van der Waals surface area contributed by atoms with Crippen molar-refractivity contribution in [2.45, 2.75) is 12.8 Å². The highest BCUT2D eigenvalue weighted by Crippen LogP contribution is 2.26. The number of aromatic nitrogens is 3. The zero-order chi connectivity index (χ0) is 15.8. The van der Waals surface area contributed by atoms with Crippen LogP contribution >= 0.6 is 0 Å². The smallest absolute Gasteiger partial charge is 0.322 e. The molecule has 124 valence electrons. The largest absolute Gasteiger partial charge is 0.870 e. The summed E-state index contributed by atoms with van der Waals surface area (Å²) in [5, 5.41) is 10.6. The van der Waals surface area contributed by atoms with E-state index in [-0.39, 0.29) is 16.8 Å². The molecule has 0 radical (unpaired) electrons. The predicted molar refractivity (Wildman–Crippen MR) is 88.3 cm³/mol. The van der Waals surface area contributed by atoms with Crippen LogP contribution in [0.25, 0.3) is 16.9 Å². The lowest BCUT2D eigenvalue weighted by atomic mass is 10.2. The van der Waals surface area contributed by atoms with Gasteiger partial charge in [-0.2, -0.15) is 0 Å². The van der Waals surface area contributed by atoms with Gasteiger partial charge in [-0.15, -0.1) is 0 Å². The number of quaternary nitrogens is 1. The Labute approximate surface area is 138 Å². The Kier molecular flexibility index (Phi) is 4.28. The van der Waals surface area contributed by atoms with Gasteiger partial charge in [0.15, 0.2) is 11.2 Å². The third kappa shape index (κ3) is 2.44. The van der Waals surface area contributed by atoms with Crippen LogP contribution in [-0.4, -0.2) is 38.2 Å². The number of para-hydroxylation sites is 1. The molecule has 1 fully saturated rings. The molecule has 1 aromatic carbocycles. The number of aromatic hydroxyl groups is 1. The maximum atomic E-state index is 13.1. The minimum atomic E-state index is -0.224. The van der Waals surface area contributed by atoms with Crippen molar-refractivity contribution in [3.8, 4) is 11.4 Å². The molecule has 0 atom stereocenters. The fraction of sp³-hybridized carbons (Fsp3) is 0.235. The number of rotatable bonds is 2. The van der Waals surface area contributed by atoms with E-state index in [0.29, 0.717) is 16.9 Å². The van der Waals surface area contributed by atoms with Gasteiger partial charge in [-0.05, 0) is 12.1 Å². The molecular formula is C17H18N4O3. The normalized spacial score (nSPS) is 14.7. The first-order chi connectivity index (χ1) is 11.3. The van der Waals surface area contributed by atoms with Crippen molar-refractivity contribution in [2.24, 2.45) is 0 Å². The van der Waals surface area contributed by atoms with Gasteiger partial charge in [0, 0.05) is 25.2 Å². The van der Waals surface area contributed by atoms with Gasteiger partial charge < -0.3 is 10.6 Å². The quantitative estimate of drug-likeness (QED) is 0.719. The molecule has 24 heavy (non-hydrogen) atoms. The molecule has 0 unspecified atom stereocenters. The fourth-order valence-corrected chi connectivity index (χ4v) is 3.28. The van der Waals surface area contributed by atoms with Gasteiger partial charge in [-0.1, -0.05) is 18.2 Å². The summed E-state index contributed by atoms with van der Waals surface area (Å²) in [5.74, 6) is -0.0396. The molecule has 1 aliphatic heterocycles. The average molecular weight is 326 g/mol. The monoisotopic (exact) mass is 326 g/mol. The Balaban J connectivity index is 0.00000169. The Bertz CT molecular complexity index is 918. The molecule has 3 heterocycles. The maximum Gasteiger partial charge on any atom is 0.322 e. The lowest BCUT2D eigenvalue weighted by Gasteiger charge is -2.16. The highest BCUT2D eigenvalue weighted by Gasteiger charge is 2.29. The summed E-state index contributed by atoms with van der Waals surface area (Å²) in [6, 6.07) is 9.36. The van der Waals surface area contributed by atoms with Gasteiger partial charge in [0.05, 0.1) is 18.8 Å². The number of hydrogen-bond acceptors (Lipinski definition) is 5. The van der Waals surface area contributed by atoms with E-state index >= 15 is 0 Å². The molecule has 2 aromatic heterocycles. The van der Waals surface area contributed by atoms with Crippen LogP contribution in [-0.2, 0) is 0 Å². The van der Waals surface area contributed by atoms with Gasteiger partial charge in [0.2, 0.25) is 11.4 Å². The van der Waals surface area contributed by atoms with E-state index in [1.54, 1.807) is 4.57 Å². The zero-order valence-corrected chi connectivity index (χ0v) is 13.0. The van der Waals surface area contributed by atoms with Crippen LogP contribution in [0.1, 0.15) is 12.8 Å². The van der Waals surface area contributed by atoms with Gasteiger partial charge in [0.1, 0.15) is 0 Å². The van der Waals surface area contributed by atoms with Crippen LogP contribution in [0.4, 0.5) is 5.69 Å². The first-order valence-corrected chi connectivity index (χ1v) is 7.76. The summed E-state index contributed by atoms with van der Waals surface area (Å²) in [7, 11) is 0. The number of pyridine rings is 1. The van der Waals surface area contributed by atoms with Crippen LogP contribution in [0.2, 0.25) is 0 Å². The molecule has 0 amide bonds. The Hall–Kier alpha value is -2.77. The summed E-state index contributed by atoms with van der Waals surface area (Å²) in [5.41, 5.74) is 1.65. The molecule has 0 spiro atoms. The summed E-state index contributed by atoms with van der Waals surface area (Å²) < 4.78 is 1.54. The SMILES string of the molecule is O=c1c([NH+]2CCCC2)c(O)c2nccnc2n1-c1ccccc1.[OH-]. The predicted octanol–water partition coefficient (Wildman–Crippen LogP) is 0.620. The van der Waals surface area contributed by atoms with Crippen LogP contribution in [0.3, 0.4) is 0 Å². The van der Waals surface area contributed by atoms with E-state index in [4.69, 9.17) is 0 Å². The van der Waals surface area contributed by atoms with Crippen molar-refractivity contribution >= 4 is 16.9 Å². The summed E-state index contributed by atoms with van der Waals surface area (Å²) in [4.78, 5) is 22.7. The molecule has 3 N–H and O–H groups in total. The number of hydrogen-bond donors (Lipinski definition) is 2. The second-order valence-corrected chi connectivity index (χ2v) is 5.74. The van der Waals surface area contributed by atoms with Crippen molar-refractivity contribution < 1.29 is 15.5 Å². The second kappa shape index (κ2) is 6.38. The minimum absolute atomic E-state index is 0.